The van der Waals surface area contributed by atoms with Gasteiger partial charge in [-0.05, 0) is 79.5 Å². The quantitative estimate of drug-likeness (QED) is 0.785. The van der Waals surface area contributed by atoms with Gasteiger partial charge in [-0.15, -0.1) is 4.36 Å². The van der Waals surface area contributed by atoms with Gasteiger partial charge in [-0.25, -0.2) is 14.1 Å². The minimum absolute atomic E-state index is 0.393. The van der Waals surface area contributed by atoms with Gasteiger partial charge in [-0.1, -0.05) is 13.0 Å². The second-order valence-electron chi connectivity index (χ2n) is 8.48. The Labute approximate surface area is 171 Å². The molecular formula is C21H27N5O2S. The molecule has 7 nitrogen and oxygen atoms in total. The summed E-state index contributed by atoms with van der Waals surface area (Å²) in [4.78, 5) is 13.2. The van der Waals surface area contributed by atoms with Crippen LogP contribution < -0.4 is 10.5 Å². The Kier molecular flexibility index (Phi) is 4.51. The molecule has 2 aromatic rings. The van der Waals surface area contributed by atoms with E-state index < -0.39 is 15.9 Å². The number of nitrogens with zero attached hydrogens (tertiary/aromatic N) is 3. The van der Waals surface area contributed by atoms with Crippen molar-refractivity contribution in [1.82, 2.24) is 9.78 Å². The van der Waals surface area contributed by atoms with Crippen LogP contribution in [0.15, 0.2) is 21.5 Å². The fraction of sp³-hybridized carbons (Fsp3) is 0.524. The van der Waals surface area contributed by atoms with Gasteiger partial charge in [0.15, 0.2) is 0 Å². The van der Waals surface area contributed by atoms with Gasteiger partial charge in [-0.2, -0.15) is 5.10 Å². The van der Waals surface area contributed by atoms with Gasteiger partial charge in [0.2, 0.25) is 0 Å². The van der Waals surface area contributed by atoms with E-state index in [1.54, 1.807) is 0 Å². The van der Waals surface area contributed by atoms with Crippen molar-refractivity contribution < 1.29 is 9.00 Å². The molecular weight excluding hydrogens is 386 g/mol. The summed E-state index contributed by atoms with van der Waals surface area (Å²) in [5.41, 5.74) is 6.82. The van der Waals surface area contributed by atoms with E-state index in [1.165, 1.54) is 28.5 Å². The third-order valence-electron chi connectivity index (χ3n) is 6.61. The Morgan fingerprint density at radius 1 is 1.24 bits per heavy atom. The summed E-state index contributed by atoms with van der Waals surface area (Å²) in [7, 11) is -3.34. The molecule has 5 rings (SSSR count). The molecule has 0 saturated heterocycles. The second-order valence-corrected chi connectivity index (χ2v) is 10.2. The van der Waals surface area contributed by atoms with Crippen molar-refractivity contribution >= 4 is 21.6 Å². The van der Waals surface area contributed by atoms with Crippen LogP contribution in [0.5, 0.6) is 0 Å². The first-order chi connectivity index (χ1) is 13.9. The Morgan fingerprint density at radius 3 is 2.97 bits per heavy atom. The van der Waals surface area contributed by atoms with Crippen molar-refractivity contribution in [2.75, 3.05) is 5.32 Å². The summed E-state index contributed by atoms with van der Waals surface area (Å²) in [6.45, 7) is 3.02. The maximum Gasteiger partial charge on any atom is 0.354 e. The number of anilines is 1. The molecule has 0 fully saturated rings. The van der Waals surface area contributed by atoms with E-state index in [4.69, 9.17) is 5.14 Å². The van der Waals surface area contributed by atoms with Crippen LogP contribution in [0.25, 0.3) is 0 Å². The monoisotopic (exact) mass is 413 g/mol. The summed E-state index contributed by atoms with van der Waals surface area (Å²) in [5, 5.41) is 13.3. The minimum Gasteiger partial charge on any atom is -0.305 e. The maximum absolute atomic E-state index is 13.1. The average Bonchev–Trinajstić information content (AvgIpc) is 3.40. The average molecular weight is 414 g/mol. The topological polar surface area (TPSA) is 102 Å². The molecule has 0 saturated carbocycles. The Bertz CT molecular complexity index is 1130. The molecule has 3 N–H and O–H groups in total. The van der Waals surface area contributed by atoms with E-state index >= 15 is 0 Å². The molecule has 2 amide bonds. The Hall–Kier alpha value is -2.19. The smallest absolute Gasteiger partial charge is 0.305 e. The highest BCUT2D eigenvalue weighted by molar-refractivity contribution is 7.91. The van der Waals surface area contributed by atoms with Crippen LogP contribution in [0.4, 0.5) is 10.5 Å². The number of carbonyl (C=O) groups is 1. The van der Waals surface area contributed by atoms with Crippen LogP contribution in [0.2, 0.25) is 0 Å². The fourth-order valence-electron chi connectivity index (χ4n) is 5.13. The summed E-state index contributed by atoms with van der Waals surface area (Å²) < 4.78 is 18.9. The predicted molar refractivity (Wildman–Crippen MR) is 112 cm³/mol. The van der Waals surface area contributed by atoms with E-state index in [9.17, 15) is 9.00 Å². The molecule has 154 valence electrons. The third-order valence-corrected chi connectivity index (χ3v) is 8.02. The van der Waals surface area contributed by atoms with E-state index in [0.29, 0.717) is 10.8 Å². The molecule has 3 aliphatic rings. The number of benzene rings is 1. The lowest BCUT2D eigenvalue weighted by molar-refractivity contribution is 0.260. The molecule has 2 aliphatic carbocycles. The van der Waals surface area contributed by atoms with Gasteiger partial charge in [0.1, 0.15) is 14.8 Å². The number of nitrogens with one attached hydrogen (secondary N) is 1. The van der Waals surface area contributed by atoms with Gasteiger partial charge in [0.05, 0.1) is 11.9 Å². The standard InChI is InChI=1S/C21H27N5O2S/c1-13-8-9-16-17(13)11-14-5-4-6-15(14)20(16)24-21(27)25-29(22,28)19-12-23-26-10-3-2-7-18(19)26/h11-13H,2-10H2,1H3,(H3,22,24,25,27,28). The van der Waals surface area contributed by atoms with Crippen molar-refractivity contribution in [3.8, 4) is 0 Å². The van der Waals surface area contributed by atoms with Crippen molar-refractivity contribution in [2.24, 2.45) is 9.50 Å². The summed E-state index contributed by atoms with van der Waals surface area (Å²) in [6, 6.07) is 1.70. The van der Waals surface area contributed by atoms with E-state index in [-0.39, 0.29) is 0 Å². The number of aromatic nitrogens is 2. The summed E-state index contributed by atoms with van der Waals surface area (Å²) in [5.74, 6) is 0.501. The lowest BCUT2D eigenvalue weighted by Crippen LogP contribution is -2.21. The van der Waals surface area contributed by atoms with Crippen LogP contribution in [-0.4, -0.2) is 20.0 Å². The zero-order chi connectivity index (χ0) is 20.2. The Morgan fingerprint density at radius 2 is 2.10 bits per heavy atom. The first-order valence-electron chi connectivity index (χ1n) is 10.5. The van der Waals surface area contributed by atoms with Crippen LogP contribution in [0, 0.1) is 0 Å². The van der Waals surface area contributed by atoms with E-state index in [0.717, 1.165) is 69.3 Å². The van der Waals surface area contributed by atoms with Gasteiger partial charge >= 0.3 is 6.03 Å². The van der Waals surface area contributed by atoms with E-state index in [2.05, 4.69) is 27.8 Å². The third kappa shape index (κ3) is 3.18. The number of amides is 2. The highest BCUT2D eigenvalue weighted by Crippen LogP contribution is 2.43. The zero-order valence-corrected chi connectivity index (χ0v) is 17.6. The summed E-state index contributed by atoms with van der Waals surface area (Å²) >= 11 is 0. The molecule has 29 heavy (non-hydrogen) atoms. The first kappa shape index (κ1) is 18.8. The van der Waals surface area contributed by atoms with Crippen LogP contribution in [0.3, 0.4) is 0 Å². The number of urea groups is 1. The van der Waals surface area contributed by atoms with Gasteiger partial charge < -0.3 is 5.32 Å². The molecule has 2 heterocycles. The summed E-state index contributed by atoms with van der Waals surface area (Å²) in [6.07, 6.45) is 9.47. The second kappa shape index (κ2) is 6.95. The SMILES string of the molecule is CC1CCc2c1cc1c(c2NC(=O)N=S(N)(=O)c2cnn3c2CCCC3)CCC1. The molecule has 0 spiro atoms. The normalized spacial score (nSPS) is 21.8. The van der Waals surface area contributed by atoms with Crippen molar-refractivity contribution in [1.29, 1.82) is 0 Å². The largest absolute Gasteiger partial charge is 0.354 e. The van der Waals surface area contributed by atoms with Crippen molar-refractivity contribution in [3.63, 3.8) is 0 Å². The number of fused-ring (bicyclic) bond motifs is 3. The number of rotatable bonds is 2. The van der Waals surface area contributed by atoms with Gasteiger partial charge in [0.25, 0.3) is 0 Å². The molecule has 8 heteroatoms. The highest BCUT2D eigenvalue weighted by atomic mass is 32.2. The molecule has 1 aromatic carbocycles. The lowest BCUT2D eigenvalue weighted by Gasteiger charge is -2.17. The number of hydrogen-bond donors (Lipinski definition) is 2. The van der Waals surface area contributed by atoms with Crippen molar-refractivity contribution in [3.05, 3.63) is 40.2 Å². The highest BCUT2D eigenvalue weighted by Gasteiger charge is 2.29. The Balaban J connectivity index is 1.50. The molecule has 1 aliphatic heterocycles. The van der Waals surface area contributed by atoms with Crippen LogP contribution >= 0.6 is 0 Å². The lowest BCUT2D eigenvalue weighted by atomic mass is 9.96. The molecule has 2 atom stereocenters. The van der Waals surface area contributed by atoms with Crippen LogP contribution in [-0.2, 0) is 42.1 Å². The molecule has 0 bridgehead atoms. The minimum atomic E-state index is -3.34. The first-order valence-corrected chi connectivity index (χ1v) is 12.1. The number of aryl methyl sites for hydroxylation is 2. The van der Waals surface area contributed by atoms with Crippen molar-refractivity contribution in [2.45, 2.75) is 75.6 Å². The number of nitrogens with two attached hydrogens (primary N) is 1. The van der Waals surface area contributed by atoms with E-state index in [1.807, 2.05) is 4.68 Å². The fourth-order valence-corrected chi connectivity index (χ4v) is 6.26. The van der Waals surface area contributed by atoms with Crippen LogP contribution in [0.1, 0.15) is 66.5 Å². The molecule has 2 unspecified atom stereocenters. The van der Waals surface area contributed by atoms with Gasteiger partial charge in [-0.3, -0.25) is 4.68 Å². The zero-order valence-electron chi connectivity index (χ0n) is 16.7. The number of carbonyl (C=O) groups excluding carboxylic acids is 1. The maximum atomic E-state index is 13.1. The number of hydrogen-bond acceptors (Lipinski definition) is 3. The van der Waals surface area contributed by atoms with Gasteiger partial charge in [0, 0.05) is 12.2 Å². The predicted octanol–water partition coefficient (Wildman–Crippen LogP) is 3.69. The molecule has 0 radical (unpaired) electrons. The molecule has 1 aromatic heterocycles.